The first-order valence-corrected chi connectivity index (χ1v) is 6.05. The van der Waals surface area contributed by atoms with Crippen molar-refractivity contribution in [1.82, 2.24) is 9.97 Å². The van der Waals surface area contributed by atoms with Gasteiger partial charge in [-0.15, -0.1) is 0 Å². The van der Waals surface area contributed by atoms with Crippen molar-refractivity contribution >= 4 is 11.6 Å². The molecule has 18 heavy (non-hydrogen) atoms. The molecule has 2 N–H and O–H groups in total. The number of nitrogens with zero attached hydrogens (tertiary/aromatic N) is 3. The number of rotatable bonds is 4. The van der Waals surface area contributed by atoms with Crippen LogP contribution in [0.4, 0.5) is 11.6 Å². The standard InChI is InChI=1S/C14H18N4/c1-11(2)18(14-16-7-4-8-17-14)10-12-5-3-6-13(15)9-12/h3-9,11H,10,15H2,1-2H3. The molecule has 0 unspecified atom stereocenters. The number of hydrogen-bond donors (Lipinski definition) is 1. The van der Waals surface area contributed by atoms with Crippen LogP contribution in [0.3, 0.4) is 0 Å². The number of benzene rings is 1. The van der Waals surface area contributed by atoms with E-state index in [9.17, 15) is 0 Å². The van der Waals surface area contributed by atoms with Gasteiger partial charge in [0, 0.05) is 30.7 Å². The minimum Gasteiger partial charge on any atom is -0.399 e. The maximum atomic E-state index is 5.80. The predicted molar refractivity (Wildman–Crippen MR) is 74.2 cm³/mol. The van der Waals surface area contributed by atoms with Crippen LogP contribution in [-0.4, -0.2) is 16.0 Å². The van der Waals surface area contributed by atoms with E-state index in [4.69, 9.17) is 5.73 Å². The van der Waals surface area contributed by atoms with Gasteiger partial charge in [-0.25, -0.2) is 9.97 Å². The van der Waals surface area contributed by atoms with Crippen LogP contribution >= 0.6 is 0 Å². The summed E-state index contributed by atoms with van der Waals surface area (Å²) in [5.74, 6) is 0.745. The van der Waals surface area contributed by atoms with Crippen molar-refractivity contribution < 1.29 is 0 Å². The highest BCUT2D eigenvalue weighted by Gasteiger charge is 2.13. The fourth-order valence-electron chi connectivity index (χ4n) is 1.81. The van der Waals surface area contributed by atoms with E-state index < -0.39 is 0 Å². The van der Waals surface area contributed by atoms with E-state index in [-0.39, 0.29) is 0 Å². The third-order valence-corrected chi connectivity index (χ3v) is 2.74. The fraction of sp³-hybridized carbons (Fsp3) is 0.286. The Labute approximate surface area is 107 Å². The van der Waals surface area contributed by atoms with Crippen LogP contribution in [0.15, 0.2) is 42.7 Å². The summed E-state index contributed by atoms with van der Waals surface area (Å²) >= 11 is 0. The van der Waals surface area contributed by atoms with Crippen molar-refractivity contribution in [2.45, 2.75) is 26.4 Å². The first kappa shape index (κ1) is 12.4. The summed E-state index contributed by atoms with van der Waals surface area (Å²) in [6.45, 7) is 5.01. The predicted octanol–water partition coefficient (Wildman–Crippen LogP) is 2.47. The van der Waals surface area contributed by atoms with Crippen LogP contribution in [0, 0.1) is 0 Å². The minimum atomic E-state index is 0.328. The summed E-state index contributed by atoms with van der Waals surface area (Å²) in [4.78, 5) is 10.8. The molecule has 0 spiro atoms. The normalized spacial score (nSPS) is 10.6. The van der Waals surface area contributed by atoms with Gasteiger partial charge in [0.25, 0.3) is 0 Å². The van der Waals surface area contributed by atoms with E-state index in [1.807, 2.05) is 24.3 Å². The Bertz CT molecular complexity index is 496. The van der Waals surface area contributed by atoms with E-state index in [1.54, 1.807) is 12.4 Å². The van der Waals surface area contributed by atoms with Crippen LogP contribution in [0.25, 0.3) is 0 Å². The summed E-state index contributed by atoms with van der Waals surface area (Å²) in [6, 6.07) is 10.1. The Morgan fingerprint density at radius 1 is 1.17 bits per heavy atom. The molecule has 0 radical (unpaired) electrons. The number of hydrogen-bond acceptors (Lipinski definition) is 4. The van der Waals surface area contributed by atoms with Gasteiger partial charge in [0.05, 0.1) is 0 Å². The fourth-order valence-corrected chi connectivity index (χ4v) is 1.81. The molecule has 0 saturated heterocycles. The summed E-state index contributed by atoms with van der Waals surface area (Å²) < 4.78 is 0. The van der Waals surface area contributed by atoms with E-state index in [0.717, 1.165) is 23.7 Å². The third-order valence-electron chi connectivity index (χ3n) is 2.74. The molecule has 1 heterocycles. The van der Waals surface area contributed by atoms with Gasteiger partial charge in [-0.3, -0.25) is 0 Å². The molecule has 0 amide bonds. The molecule has 2 aromatic rings. The minimum absolute atomic E-state index is 0.328. The van der Waals surface area contributed by atoms with Gasteiger partial charge in [-0.2, -0.15) is 0 Å². The molecule has 4 nitrogen and oxygen atoms in total. The van der Waals surface area contributed by atoms with E-state index >= 15 is 0 Å². The molecule has 94 valence electrons. The topological polar surface area (TPSA) is 55.0 Å². The van der Waals surface area contributed by atoms with Gasteiger partial charge >= 0.3 is 0 Å². The van der Waals surface area contributed by atoms with Gasteiger partial charge in [-0.1, -0.05) is 12.1 Å². The lowest BCUT2D eigenvalue weighted by Gasteiger charge is -2.26. The molecule has 0 aliphatic rings. The largest absolute Gasteiger partial charge is 0.399 e. The van der Waals surface area contributed by atoms with Gasteiger partial charge in [0.2, 0.25) is 5.95 Å². The third kappa shape index (κ3) is 2.97. The molecule has 0 aliphatic heterocycles. The Balaban J connectivity index is 2.22. The molecule has 2 rings (SSSR count). The Hall–Kier alpha value is -2.10. The van der Waals surface area contributed by atoms with E-state index in [2.05, 4.69) is 34.8 Å². The molecular formula is C14H18N4. The molecule has 4 heteroatoms. The molecule has 0 fully saturated rings. The van der Waals surface area contributed by atoms with E-state index in [0.29, 0.717) is 6.04 Å². The summed E-state index contributed by atoms with van der Waals surface area (Å²) in [5, 5.41) is 0. The smallest absolute Gasteiger partial charge is 0.225 e. The lowest BCUT2D eigenvalue weighted by atomic mass is 10.2. The summed E-state index contributed by atoms with van der Waals surface area (Å²) in [5.41, 5.74) is 7.75. The van der Waals surface area contributed by atoms with Crippen molar-refractivity contribution in [2.75, 3.05) is 10.6 Å². The zero-order valence-corrected chi connectivity index (χ0v) is 10.7. The monoisotopic (exact) mass is 242 g/mol. The zero-order chi connectivity index (χ0) is 13.0. The van der Waals surface area contributed by atoms with Crippen LogP contribution in [0.2, 0.25) is 0 Å². The summed E-state index contributed by atoms with van der Waals surface area (Å²) in [7, 11) is 0. The van der Waals surface area contributed by atoms with Crippen molar-refractivity contribution in [2.24, 2.45) is 0 Å². The van der Waals surface area contributed by atoms with Gasteiger partial charge < -0.3 is 10.6 Å². The molecule has 1 aromatic carbocycles. The first-order chi connectivity index (χ1) is 8.66. The van der Waals surface area contributed by atoms with Gasteiger partial charge in [-0.05, 0) is 37.6 Å². The molecule has 0 atom stereocenters. The quantitative estimate of drug-likeness (QED) is 0.837. The summed E-state index contributed by atoms with van der Waals surface area (Å²) in [6.07, 6.45) is 3.52. The average Bonchev–Trinajstić information content (AvgIpc) is 2.37. The number of anilines is 2. The highest BCUT2D eigenvalue weighted by Crippen LogP contribution is 2.16. The lowest BCUT2D eigenvalue weighted by Crippen LogP contribution is -2.31. The highest BCUT2D eigenvalue weighted by atomic mass is 15.3. The lowest BCUT2D eigenvalue weighted by molar-refractivity contribution is 0.660. The maximum absolute atomic E-state index is 5.80. The zero-order valence-electron chi connectivity index (χ0n) is 10.7. The second-order valence-electron chi connectivity index (χ2n) is 4.52. The van der Waals surface area contributed by atoms with E-state index in [1.165, 1.54) is 0 Å². The molecule has 0 aliphatic carbocycles. The van der Waals surface area contributed by atoms with Gasteiger partial charge in [0.15, 0.2) is 0 Å². The second kappa shape index (κ2) is 5.49. The number of nitrogens with two attached hydrogens (primary N) is 1. The van der Waals surface area contributed by atoms with Crippen molar-refractivity contribution in [3.8, 4) is 0 Å². The van der Waals surface area contributed by atoms with Crippen molar-refractivity contribution in [1.29, 1.82) is 0 Å². The van der Waals surface area contributed by atoms with Crippen LogP contribution < -0.4 is 10.6 Å². The number of nitrogen functional groups attached to an aromatic ring is 1. The highest BCUT2D eigenvalue weighted by molar-refractivity contribution is 5.42. The Morgan fingerprint density at radius 2 is 1.89 bits per heavy atom. The molecule has 0 saturated carbocycles. The van der Waals surface area contributed by atoms with Crippen LogP contribution in [0.5, 0.6) is 0 Å². The van der Waals surface area contributed by atoms with Gasteiger partial charge in [0.1, 0.15) is 0 Å². The molecule has 1 aromatic heterocycles. The molecule has 0 bridgehead atoms. The first-order valence-electron chi connectivity index (χ1n) is 6.05. The maximum Gasteiger partial charge on any atom is 0.225 e. The average molecular weight is 242 g/mol. The second-order valence-corrected chi connectivity index (χ2v) is 4.52. The molecular weight excluding hydrogens is 224 g/mol. The Morgan fingerprint density at radius 3 is 2.50 bits per heavy atom. The van der Waals surface area contributed by atoms with Crippen molar-refractivity contribution in [3.63, 3.8) is 0 Å². The van der Waals surface area contributed by atoms with Crippen LogP contribution in [-0.2, 0) is 6.54 Å². The number of aromatic nitrogens is 2. The van der Waals surface area contributed by atoms with Crippen molar-refractivity contribution in [3.05, 3.63) is 48.3 Å². The Kier molecular flexibility index (Phi) is 3.77. The van der Waals surface area contributed by atoms with Crippen LogP contribution in [0.1, 0.15) is 19.4 Å². The SMILES string of the molecule is CC(C)N(Cc1cccc(N)c1)c1ncccn1.